The Hall–Kier alpha value is -2.72. The minimum atomic E-state index is -0.510. The van der Waals surface area contributed by atoms with Crippen LogP contribution in [0.1, 0.15) is 41.7 Å². The largest absolute Gasteiger partial charge is 0.337 e. The molecule has 7 nitrogen and oxygen atoms in total. The van der Waals surface area contributed by atoms with Crippen LogP contribution in [0.5, 0.6) is 0 Å². The summed E-state index contributed by atoms with van der Waals surface area (Å²) in [6.07, 6.45) is 5.40. The summed E-state index contributed by atoms with van der Waals surface area (Å²) in [5.41, 5.74) is 0.925. The Labute approximate surface area is 165 Å². The van der Waals surface area contributed by atoms with Crippen molar-refractivity contribution >= 4 is 5.91 Å². The molecule has 1 aromatic heterocycles. The van der Waals surface area contributed by atoms with Crippen molar-refractivity contribution < 1.29 is 4.79 Å². The van der Waals surface area contributed by atoms with Crippen LogP contribution >= 0.6 is 0 Å². The maximum atomic E-state index is 12.9. The van der Waals surface area contributed by atoms with Crippen LogP contribution in [0.25, 0.3) is 0 Å². The van der Waals surface area contributed by atoms with Crippen molar-refractivity contribution in [2.45, 2.75) is 37.6 Å². The molecule has 146 valence electrons. The standard InChI is InChI=1S/C21H26N6O/c22-16-21(18-6-2-1-3-7-18)8-11-26(12-9-21)20(28)19-15-27(25-24-19)14-17-5-4-10-23-13-17/h1-3,6-7,15,17,23H,4-5,8-14H2/t17-/m1/s1. The second kappa shape index (κ2) is 8.11. The van der Waals surface area contributed by atoms with Gasteiger partial charge in [0.15, 0.2) is 5.69 Å². The molecule has 2 aliphatic heterocycles. The van der Waals surface area contributed by atoms with Crippen molar-refractivity contribution in [2.24, 2.45) is 5.92 Å². The van der Waals surface area contributed by atoms with Gasteiger partial charge in [0.05, 0.1) is 17.7 Å². The number of hydrogen-bond donors (Lipinski definition) is 1. The summed E-state index contributed by atoms with van der Waals surface area (Å²) in [4.78, 5) is 14.7. The number of rotatable bonds is 4. The van der Waals surface area contributed by atoms with Crippen LogP contribution in [0, 0.1) is 17.2 Å². The normalized spacial score (nSPS) is 21.8. The average molecular weight is 378 g/mol. The van der Waals surface area contributed by atoms with E-state index >= 15 is 0 Å². The van der Waals surface area contributed by atoms with E-state index in [1.807, 2.05) is 30.3 Å². The number of nitriles is 1. The Bertz CT molecular complexity index is 841. The summed E-state index contributed by atoms with van der Waals surface area (Å²) in [6.45, 7) is 3.98. The van der Waals surface area contributed by atoms with Gasteiger partial charge in [0.2, 0.25) is 0 Å². The molecule has 4 rings (SSSR count). The average Bonchev–Trinajstić information content (AvgIpc) is 3.23. The molecule has 7 heteroatoms. The number of nitrogens with zero attached hydrogens (tertiary/aromatic N) is 5. The quantitative estimate of drug-likeness (QED) is 0.879. The van der Waals surface area contributed by atoms with E-state index in [0.29, 0.717) is 37.5 Å². The summed E-state index contributed by atoms with van der Waals surface area (Å²) in [6, 6.07) is 12.4. The maximum Gasteiger partial charge on any atom is 0.276 e. The summed E-state index contributed by atoms with van der Waals surface area (Å²) in [5.74, 6) is 0.447. The van der Waals surface area contributed by atoms with E-state index in [-0.39, 0.29) is 5.91 Å². The molecule has 1 aromatic carbocycles. The fraction of sp³-hybridized carbons (Fsp3) is 0.524. The first-order valence-electron chi connectivity index (χ1n) is 10.1. The highest BCUT2D eigenvalue weighted by molar-refractivity contribution is 5.92. The van der Waals surface area contributed by atoms with Crippen molar-refractivity contribution in [2.75, 3.05) is 26.2 Å². The van der Waals surface area contributed by atoms with E-state index in [0.717, 1.165) is 25.2 Å². The van der Waals surface area contributed by atoms with Crippen LogP contribution in [0.2, 0.25) is 0 Å². The van der Waals surface area contributed by atoms with Gasteiger partial charge in [-0.1, -0.05) is 35.5 Å². The highest BCUT2D eigenvalue weighted by atomic mass is 16.2. The molecule has 2 saturated heterocycles. The third-order valence-corrected chi connectivity index (χ3v) is 6.05. The Morgan fingerprint density at radius 2 is 2.07 bits per heavy atom. The number of likely N-dealkylation sites (tertiary alicyclic amines) is 1. The molecule has 0 saturated carbocycles. The Morgan fingerprint density at radius 3 is 2.75 bits per heavy atom. The lowest BCUT2D eigenvalue weighted by atomic mass is 9.74. The van der Waals surface area contributed by atoms with Gasteiger partial charge in [0.25, 0.3) is 5.91 Å². The zero-order chi connectivity index (χ0) is 19.4. The Morgan fingerprint density at radius 1 is 1.29 bits per heavy atom. The molecular weight excluding hydrogens is 352 g/mol. The van der Waals surface area contributed by atoms with Gasteiger partial charge < -0.3 is 10.2 Å². The lowest BCUT2D eigenvalue weighted by molar-refractivity contribution is 0.0686. The Kier molecular flexibility index (Phi) is 5.40. The number of amides is 1. The molecule has 2 aliphatic rings. The number of nitrogens with one attached hydrogen (secondary N) is 1. The fourth-order valence-electron chi connectivity index (χ4n) is 4.31. The smallest absolute Gasteiger partial charge is 0.276 e. The summed E-state index contributed by atoms with van der Waals surface area (Å²) >= 11 is 0. The highest BCUT2D eigenvalue weighted by Gasteiger charge is 2.38. The first-order valence-corrected chi connectivity index (χ1v) is 10.1. The molecule has 1 amide bonds. The summed E-state index contributed by atoms with van der Waals surface area (Å²) in [5, 5.41) is 21.5. The summed E-state index contributed by atoms with van der Waals surface area (Å²) < 4.78 is 1.79. The molecule has 0 spiro atoms. The molecule has 2 aromatic rings. The SMILES string of the molecule is N#CC1(c2ccccc2)CCN(C(=O)c2cn(C[C@@H]3CCCNC3)nn2)CC1. The number of aromatic nitrogens is 3. The molecule has 0 bridgehead atoms. The van der Waals surface area contributed by atoms with Crippen LogP contribution < -0.4 is 5.32 Å². The predicted octanol–water partition coefficient (Wildman–Crippen LogP) is 1.98. The van der Waals surface area contributed by atoms with E-state index in [1.54, 1.807) is 15.8 Å². The first-order chi connectivity index (χ1) is 13.7. The van der Waals surface area contributed by atoms with Crippen molar-refractivity contribution in [3.8, 4) is 6.07 Å². The van der Waals surface area contributed by atoms with Crippen molar-refractivity contribution in [1.82, 2.24) is 25.2 Å². The van der Waals surface area contributed by atoms with Crippen molar-refractivity contribution in [3.05, 3.63) is 47.8 Å². The van der Waals surface area contributed by atoms with Gasteiger partial charge in [0, 0.05) is 19.6 Å². The first kappa shape index (κ1) is 18.6. The number of carbonyl (C=O) groups is 1. The number of hydrogen-bond acceptors (Lipinski definition) is 5. The van der Waals surface area contributed by atoms with E-state index < -0.39 is 5.41 Å². The monoisotopic (exact) mass is 378 g/mol. The van der Waals surface area contributed by atoms with Gasteiger partial charge in [-0.25, -0.2) is 0 Å². The third-order valence-electron chi connectivity index (χ3n) is 6.05. The van der Waals surface area contributed by atoms with E-state index in [4.69, 9.17) is 0 Å². The molecule has 1 N–H and O–H groups in total. The third kappa shape index (κ3) is 3.78. The van der Waals surface area contributed by atoms with Crippen molar-refractivity contribution in [1.29, 1.82) is 5.26 Å². The minimum absolute atomic E-state index is 0.0902. The van der Waals surface area contributed by atoms with Gasteiger partial charge >= 0.3 is 0 Å². The van der Waals surface area contributed by atoms with Gasteiger partial charge in [-0.05, 0) is 50.3 Å². The zero-order valence-electron chi connectivity index (χ0n) is 16.0. The van der Waals surface area contributed by atoms with Crippen LogP contribution in [0.4, 0.5) is 0 Å². The minimum Gasteiger partial charge on any atom is -0.337 e. The molecule has 1 atom stereocenters. The van der Waals surface area contributed by atoms with Gasteiger partial charge in [-0.15, -0.1) is 5.10 Å². The highest BCUT2D eigenvalue weighted by Crippen LogP contribution is 2.35. The molecule has 2 fully saturated rings. The number of benzene rings is 1. The van der Waals surface area contributed by atoms with Crippen LogP contribution in [-0.4, -0.2) is 52.0 Å². The van der Waals surface area contributed by atoms with Crippen LogP contribution in [-0.2, 0) is 12.0 Å². The molecule has 0 unspecified atom stereocenters. The molecule has 3 heterocycles. The van der Waals surface area contributed by atoms with Crippen molar-refractivity contribution in [3.63, 3.8) is 0 Å². The zero-order valence-corrected chi connectivity index (χ0v) is 16.0. The van der Waals surface area contributed by atoms with E-state index in [1.165, 1.54) is 12.8 Å². The lowest BCUT2D eigenvalue weighted by Crippen LogP contribution is -2.44. The maximum absolute atomic E-state index is 12.9. The fourth-order valence-corrected chi connectivity index (χ4v) is 4.31. The predicted molar refractivity (Wildman–Crippen MR) is 104 cm³/mol. The van der Waals surface area contributed by atoms with Gasteiger partial charge in [-0.2, -0.15) is 5.26 Å². The number of carbonyl (C=O) groups excluding carboxylic acids is 1. The van der Waals surface area contributed by atoms with Crippen LogP contribution in [0.3, 0.4) is 0 Å². The van der Waals surface area contributed by atoms with Crippen LogP contribution in [0.15, 0.2) is 36.5 Å². The topological polar surface area (TPSA) is 86.8 Å². The summed E-state index contributed by atoms with van der Waals surface area (Å²) in [7, 11) is 0. The number of piperidine rings is 2. The van der Waals surface area contributed by atoms with Gasteiger partial charge in [-0.3, -0.25) is 9.48 Å². The Balaban J connectivity index is 1.38. The molecular formula is C21H26N6O. The van der Waals surface area contributed by atoms with E-state index in [2.05, 4.69) is 21.7 Å². The second-order valence-electron chi connectivity index (χ2n) is 7.89. The van der Waals surface area contributed by atoms with E-state index in [9.17, 15) is 10.1 Å². The second-order valence-corrected chi connectivity index (χ2v) is 7.89. The molecule has 0 aliphatic carbocycles. The van der Waals surface area contributed by atoms with Gasteiger partial charge in [0.1, 0.15) is 0 Å². The molecule has 0 radical (unpaired) electrons. The molecule has 28 heavy (non-hydrogen) atoms. The lowest BCUT2D eigenvalue weighted by Gasteiger charge is -2.37.